The lowest BCUT2D eigenvalue weighted by molar-refractivity contribution is 0.0879. The summed E-state index contributed by atoms with van der Waals surface area (Å²) in [6.07, 6.45) is 7.46. The van der Waals surface area contributed by atoms with Gasteiger partial charge < -0.3 is 17.3 Å². The minimum Gasteiger partial charge on any atom is -0.418 e. The Kier molecular flexibility index (Phi) is 7.19. The number of hydrogen-bond donors (Lipinski definition) is 1. The van der Waals surface area contributed by atoms with Gasteiger partial charge in [-0.1, -0.05) is 12.1 Å². The maximum absolute atomic E-state index is 12.5. The number of halogens is 4. The number of carbonyl (C=O) groups excluding carboxylic acids is 2. The van der Waals surface area contributed by atoms with Crippen LogP contribution in [-0.4, -0.2) is 65.8 Å². The lowest BCUT2D eigenvalue weighted by Crippen LogP contribution is -2.35. The molecule has 176 valence electrons. The van der Waals surface area contributed by atoms with Crippen LogP contribution in [0.1, 0.15) is 70.8 Å². The Bertz CT molecular complexity index is 840. The molecule has 1 unspecified atom stereocenters. The molecule has 6 nitrogen and oxygen atoms in total. The van der Waals surface area contributed by atoms with Crippen molar-refractivity contribution >= 4 is 27.4 Å². The molecule has 4 aliphatic heterocycles. The van der Waals surface area contributed by atoms with Gasteiger partial charge in [0, 0.05) is 32.7 Å². The van der Waals surface area contributed by atoms with Crippen molar-refractivity contribution in [2.75, 3.05) is 32.7 Å². The summed E-state index contributed by atoms with van der Waals surface area (Å²) in [4.78, 5) is 24.6. The van der Waals surface area contributed by atoms with E-state index in [9.17, 15) is 26.9 Å². The van der Waals surface area contributed by atoms with Gasteiger partial charge in [-0.15, -0.1) is 4.67 Å². The highest BCUT2D eigenvalue weighted by atomic mass is 31.2. The lowest BCUT2D eigenvalue weighted by Gasteiger charge is -2.35. The molecule has 0 saturated carbocycles. The molecule has 32 heavy (non-hydrogen) atoms. The first kappa shape index (κ1) is 23.6. The lowest BCUT2D eigenvalue weighted by atomic mass is 9.96. The van der Waals surface area contributed by atoms with Crippen LogP contribution >= 0.6 is 8.37 Å². The zero-order valence-corrected chi connectivity index (χ0v) is 18.8. The van der Waals surface area contributed by atoms with Crippen LogP contribution in [0.3, 0.4) is 0 Å². The predicted octanol–water partition coefficient (Wildman–Crippen LogP) is 4.16. The minimum atomic E-state index is -6.00. The van der Waals surface area contributed by atoms with Gasteiger partial charge in [0.15, 0.2) is 0 Å². The fraction of sp³-hybridized carbons (Fsp3) is 0.600. The number of benzene rings is 1. The summed E-state index contributed by atoms with van der Waals surface area (Å²) in [6.45, 7) is 5.94. The molecule has 2 amide bonds. The molecule has 4 heterocycles. The van der Waals surface area contributed by atoms with Crippen molar-refractivity contribution in [3.8, 4) is 0 Å². The molecule has 3 saturated heterocycles. The summed E-state index contributed by atoms with van der Waals surface area (Å²) in [5.74, 6) is -0.459. The molecule has 0 spiro atoms. The Morgan fingerprint density at radius 3 is 1.97 bits per heavy atom. The summed E-state index contributed by atoms with van der Waals surface area (Å²) >= 11 is 0. The van der Waals surface area contributed by atoms with E-state index in [0.717, 1.165) is 18.5 Å². The van der Waals surface area contributed by atoms with Gasteiger partial charge >= 0.3 is 7.25 Å². The van der Waals surface area contributed by atoms with E-state index in [2.05, 4.69) is 25.4 Å². The van der Waals surface area contributed by atoms with Crippen LogP contribution in [0.4, 0.5) is 17.3 Å². The Morgan fingerprint density at radius 1 is 0.844 bits per heavy atom. The number of carbonyl (C=O) groups is 2. The predicted molar refractivity (Wildman–Crippen MR) is 117 cm³/mol. The fourth-order valence-corrected chi connectivity index (χ4v) is 8.71. The van der Waals surface area contributed by atoms with Gasteiger partial charge in [0.2, 0.25) is 8.37 Å². The number of hydrogen-bond acceptors (Lipinski definition) is 5. The topological polar surface area (TPSA) is 55.9 Å². The third-order valence-corrected chi connectivity index (χ3v) is 9.52. The molecule has 1 aromatic rings. The molecule has 5 rings (SSSR count). The van der Waals surface area contributed by atoms with Crippen molar-refractivity contribution in [2.24, 2.45) is 0 Å². The molecule has 1 atom stereocenters. The second-order valence-corrected chi connectivity index (χ2v) is 11.0. The van der Waals surface area contributed by atoms with E-state index in [1.165, 1.54) is 58.3 Å². The summed E-state index contributed by atoms with van der Waals surface area (Å²) in [5.41, 5.74) is 2.25. The SMILES string of the molecule is F[B-](F)(F)F.O=C1NC(=O)c2c1cccc2C1CCCN1[PH+](N1CCCC1)N1CCCC1. The summed E-state index contributed by atoms with van der Waals surface area (Å²) < 4.78 is 47.2. The second-order valence-electron chi connectivity index (χ2n) is 8.59. The molecule has 12 heteroatoms. The van der Waals surface area contributed by atoms with Gasteiger partial charge in [-0.3, -0.25) is 14.9 Å². The molecule has 0 bridgehead atoms. The quantitative estimate of drug-likeness (QED) is 0.308. The summed E-state index contributed by atoms with van der Waals surface area (Å²) in [7, 11) is -6.94. The summed E-state index contributed by atoms with van der Waals surface area (Å²) in [5, 5.41) is 2.49. The van der Waals surface area contributed by atoms with Gasteiger partial charge in [0.25, 0.3) is 11.8 Å². The Hall–Kier alpha value is -1.55. The average molecular weight is 474 g/mol. The van der Waals surface area contributed by atoms with Crippen molar-refractivity contribution in [1.82, 2.24) is 19.3 Å². The van der Waals surface area contributed by atoms with Crippen molar-refractivity contribution in [2.45, 2.75) is 44.6 Å². The highest BCUT2D eigenvalue weighted by Gasteiger charge is 2.48. The maximum atomic E-state index is 12.5. The van der Waals surface area contributed by atoms with Gasteiger partial charge in [-0.2, -0.15) is 9.34 Å². The van der Waals surface area contributed by atoms with E-state index in [0.29, 0.717) is 11.1 Å². The Balaban J connectivity index is 0.000000444. The summed E-state index contributed by atoms with van der Waals surface area (Å²) in [6, 6.07) is 6.06. The Morgan fingerprint density at radius 2 is 1.41 bits per heavy atom. The van der Waals surface area contributed by atoms with E-state index < -0.39 is 15.6 Å². The number of fused-ring (bicyclic) bond motifs is 1. The van der Waals surface area contributed by atoms with Crippen LogP contribution in [0.5, 0.6) is 0 Å². The van der Waals surface area contributed by atoms with E-state index >= 15 is 0 Å². The molecule has 0 radical (unpaired) electrons. The van der Waals surface area contributed by atoms with Crippen LogP contribution in [0, 0.1) is 0 Å². The Labute approximate surface area is 186 Å². The van der Waals surface area contributed by atoms with Crippen LogP contribution in [0.25, 0.3) is 0 Å². The maximum Gasteiger partial charge on any atom is 0.673 e. The smallest absolute Gasteiger partial charge is 0.418 e. The molecule has 4 aliphatic rings. The van der Waals surface area contributed by atoms with Crippen molar-refractivity contribution in [3.05, 3.63) is 34.9 Å². The first-order valence-corrected chi connectivity index (χ1v) is 12.6. The number of amides is 2. The molecule has 1 N–H and O–H groups in total. The zero-order chi connectivity index (χ0) is 22.9. The van der Waals surface area contributed by atoms with Crippen LogP contribution in [0.15, 0.2) is 18.2 Å². The van der Waals surface area contributed by atoms with Crippen LogP contribution in [-0.2, 0) is 0 Å². The highest BCUT2D eigenvalue weighted by molar-refractivity contribution is 7.50. The zero-order valence-electron chi connectivity index (χ0n) is 17.8. The van der Waals surface area contributed by atoms with Crippen LogP contribution in [0.2, 0.25) is 0 Å². The van der Waals surface area contributed by atoms with Gasteiger partial charge in [-0.05, 0) is 50.2 Å². The molecular formula is C20H28BF4N4O2P. The number of nitrogens with one attached hydrogen (secondary N) is 1. The highest BCUT2D eigenvalue weighted by Crippen LogP contribution is 2.57. The average Bonchev–Trinajstić information content (AvgIpc) is 3.51. The minimum absolute atomic E-state index is 0.214. The first-order chi connectivity index (χ1) is 15.2. The molecular weight excluding hydrogens is 446 g/mol. The van der Waals surface area contributed by atoms with Crippen LogP contribution < -0.4 is 5.32 Å². The number of nitrogens with zero attached hydrogens (tertiary/aromatic N) is 3. The largest absolute Gasteiger partial charge is 0.673 e. The fourth-order valence-electron chi connectivity index (χ4n) is 5.25. The van der Waals surface area contributed by atoms with Gasteiger partial charge in [0.05, 0.1) is 17.2 Å². The van der Waals surface area contributed by atoms with Gasteiger partial charge in [0.1, 0.15) is 0 Å². The second kappa shape index (κ2) is 9.75. The van der Waals surface area contributed by atoms with Crippen molar-refractivity contribution < 1.29 is 26.9 Å². The van der Waals surface area contributed by atoms with Crippen molar-refractivity contribution in [1.29, 1.82) is 0 Å². The third-order valence-electron chi connectivity index (χ3n) is 6.44. The number of rotatable bonds is 4. The standard InChI is InChI=1S/C20H27N4O2P.BF4/c25-19-16-8-5-7-15(18(16)20(26)21-19)17-9-6-14-24(17)27(22-10-1-2-11-22)23-12-3-4-13-23;2-1(3,4)5/h5,7-8,17H,1-4,6,9-14H2,(H,21,25,26);/q;-1/p+1. The molecule has 1 aromatic carbocycles. The molecule has 0 aromatic heterocycles. The monoisotopic (exact) mass is 474 g/mol. The first-order valence-electron chi connectivity index (χ1n) is 11.2. The van der Waals surface area contributed by atoms with E-state index in [4.69, 9.17) is 0 Å². The van der Waals surface area contributed by atoms with E-state index in [1.54, 1.807) is 6.07 Å². The van der Waals surface area contributed by atoms with Gasteiger partial charge in [-0.25, -0.2) is 0 Å². The third kappa shape index (κ3) is 5.16. The molecule has 3 fully saturated rings. The molecule has 0 aliphatic carbocycles. The normalized spacial score (nSPS) is 24.7. The number of imide groups is 1. The van der Waals surface area contributed by atoms with E-state index in [-0.39, 0.29) is 17.9 Å². The van der Waals surface area contributed by atoms with Crippen molar-refractivity contribution in [3.63, 3.8) is 0 Å². The van der Waals surface area contributed by atoms with E-state index in [1.807, 2.05) is 6.07 Å².